The van der Waals surface area contributed by atoms with E-state index in [4.69, 9.17) is 4.52 Å². The van der Waals surface area contributed by atoms with Gasteiger partial charge >= 0.3 is 0 Å². The first-order valence-electron chi connectivity index (χ1n) is 6.88. The van der Waals surface area contributed by atoms with Crippen molar-refractivity contribution in [1.82, 2.24) is 5.16 Å². The highest BCUT2D eigenvalue weighted by Crippen LogP contribution is 2.32. The number of rotatable bonds is 4. The second-order valence-corrected chi connectivity index (χ2v) is 6.69. The molecule has 0 aliphatic heterocycles. The molecule has 0 atom stereocenters. The number of benzene rings is 2. The molecule has 1 N–H and O–H groups in total. The quantitative estimate of drug-likeness (QED) is 0.778. The molecule has 124 valence electrons. The predicted octanol–water partition coefficient (Wildman–Crippen LogP) is 3.73. The van der Waals surface area contributed by atoms with Crippen molar-refractivity contribution in [1.29, 1.82) is 0 Å². The molecular formula is C16H12F2N2O3S. The summed E-state index contributed by atoms with van der Waals surface area (Å²) in [7, 11) is -3.87. The summed E-state index contributed by atoms with van der Waals surface area (Å²) in [4.78, 5) is 0.0573. The van der Waals surface area contributed by atoms with E-state index in [1.807, 2.05) is 0 Å². The lowest BCUT2D eigenvalue weighted by atomic mass is 10.1. The van der Waals surface area contributed by atoms with E-state index in [1.165, 1.54) is 25.1 Å². The van der Waals surface area contributed by atoms with E-state index < -0.39 is 21.7 Å². The van der Waals surface area contributed by atoms with Crippen molar-refractivity contribution >= 4 is 15.7 Å². The molecule has 2 aromatic carbocycles. The molecule has 0 aliphatic carbocycles. The molecule has 0 saturated heterocycles. The van der Waals surface area contributed by atoms with Crippen LogP contribution in [0.25, 0.3) is 11.3 Å². The highest BCUT2D eigenvalue weighted by Gasteiger charge is 2.22. The van der Waals surface area contributed by atoms with Gasteiger partial charge in [0.25, 0.3) is 10.0 Å². The normalized spacial score (nSPS) is 11.5. The average Bonchev–Trinajstić information content (AvgIpc) is 2.91. The van der Waals surface area contributed by atoms with E-state index in [0.717, 1.165) is 12.1 Å². The van der Waals surface area contributed by atoms with Crippen molar-refractivity contribution in [3.05, 3.63) is 65.9 Å². The molecule has 1 heterocycles. The Kier molecular flexibility index (Phi) is 4.06. The van der Waals surface area contributed by atoms with E-state index in [1.54, 1.807) is 18.2 Å². The minimum absolute atomic E-state index is 0.0573. The summed E-state index contributed by atoms with van der Waals surface area (Å²) in [6.07, 6.45) is 0. The molecule has 1 aromatic heterocycles. The molecule has 0 aliphatic rings. The number of aromatic nitrogens is 1. The van der Waals surface area contributed by atoms with E-state index >= 15 is 0 Å². The maximum atomic E-state index is 13.4. The number of anilines is 1. The monoisotopic (exact) mass is 350 g/mol. The molecule has 3 aromatic rings. The molecule has 5 nitrogen and oxygen atoms in total. The standard InChI is InChI=1S/C16H12F2N2O3S/c1-10-15(20-24(21,22)12-5-3-2-4-6-12)16(19-23-10)11-7-8-13(17)14(18)9-11/h2-9,20H,1H3. The fourth-order valence-electron chi connectivity index (χ4n) is 2.13. The number of sulfonamides is 1. The van der Waals surface area contributed by atoms with Crippen LogP contribution in [-0.4, -0.2) is 13.6 Å². The van der Waals surface area contributed by atoms with Gasteiger partial charge < -0.3 is 4.52 Å². The third kappa shape index (κ3) is 3.00. The lowest BCUT2D eigenvalue weighted by molar-refractivity contribution is 0.400. The van der Waals surface area contributed by atoms with Gasteiger partial charge in [0, 0.05) is 5.56 Å². The fourth-order valence-corrected chi connectivity index (χ4v) is 3.27. The second-order valence-electron chi connectivity index (χ2n) is 5.01. The Balaban J connectivity index is 2.04. The van der Waals surface area contributed by atoms with Gasteiger partial charge in [-0.2, -0.15) is 0 Å². The number of halogens is 2. The van der Waals surface area contributed by atoms with Crippen LogP contribution in [0.5, 0.6) is 0 Å². The van der Waals surface area contributed by atoms with Crippen molar-refractivity contribution in [2.24, 2.45) is 0 Å². The summed E-state index contributed by atoms with van der Waals surface area (Å²) in [6, 6.07) is 10.9. The Morgan fingerprint density at radius 2 is 1.75 bits per heavy atom. The van der Waals surface area contributed by atoms with Crippen LogP contribution in [0.2, 0.25) is 0 Å². The maximum Gasteiger partial charge on any atom is 0.262 e. The lowest BCUT2D eigenvalue weighted by Gasteiger charge is -2.08. The summed E-state index contributed by atoms with van der Waals surface area (Å²) in [5, 5.41) is 3.74. The predicted molar refractivity (Wildman–Crippen MR) is 83.8 cm³/mol. The van der Waals surface area contributed by atoms with Gasteiger partial charge in [0.2, 0.25) is 0 Å². The third-order valence-electron chi connectivity index (χ3n) is 3.35. The highest BCUT2D eigenvalue weighted by molar-refractivity contribution is 7.92. The zero-order chi connectivity index (χ0) is 17.3. The molecule has 0 fully saturated rings. The fraction of sp³-hybridized carbons (Fsp3) is 0.0625. The van der Waals surface area contributed by atoms with Gasteiger partial charge in [-0.25, -0.2) is 17.2 Å². The summed E-state index contributed by atoms with van der Waals surface area (Å²) >= 11 is 0. The van der Waals surface area contributed by atoms with Gasteiger partial charge in [0.05, 0.1) is 4.90 Å². The zero-order valence-electron chi connectivity index (χ0n) is 12.5. The SMILES string of the molecule is Cc1onc(-c2ccc(F)c(F)c2)c1NS(=O)(=O)c1ccccc1. The maximum absolute atomic E-state index is 13.4. The number of hydrogen-bond donors (Lipinski definition) is 1. The van der Waals surface area contributed by atoms with Gasteiger partial charge in [-0.05, 0) is 37.3 Å². The molecule has 0 unspecified atom stereocenters. The van der Waals surface area contributed by atoms with Gasteiger partial charge in [0.1, 0.15) is 11.4 Å². The Morgan fingerprint density at radius 3 is 2.42 bits per heavy atom. The molecule has 0 amide bonds. The molecule has 0 saturated carbocycles. The lowest BCUT2D eigenvalue weighted by Crippen LogP contribution is -2.13. The number of nitrogens with one attached hydrogen (secondary N) is 1. The summed E-state index contributed by atoms with van der Waals surface area (Å²) < 4.78 is 58.8. The average molecular weight is 350 g/mol. The van der Waals surface area contributed by atoms with Crippen LogP contribution >= 0.6 is 0 Å². The molecule has 24 heavy (non-hydrogen) atoms. The van der Waals surface area contributed by atoms with Gasteiger partial charge in [-0.15, -0.1) is 0 Å². The topological polar surface area (TPSA) is 72.2 Å². The minimum Gasteiger partial charge on any atom is -0.359 e. The Morgan fingerprint density at radius 1 is 1.04 bits per heavy atom. The smallest absolute Gasteiger partial charge is 0.262 e. The van der Waals surface area contributed by atoms with Crippen molar-refractivity contribution in [2.75, 3.05) is 4.72 Å². The van der Waals surface area contributed by atoms with Crippen LogP contribution in [0.15, 0.2) is 57.9 Å². The summed E-state index contributed by atoms with van der Waals surface area (Å²) in [6.45, 7) is 1.51. The van der Waals surface area contributed by atoms with Crippen molar-refractivity contribution in [3.8, 4) is 11.3 Å². The van der Waals surface area contributed by atoms with Crippen molar-refractivity contribution in [3.63, 3.8) is 0 Å². The molecular weight excluding hydrogens is 338 g/mol. The molecule has 0 bridgehead atoms. The van der Waals surface area contributed by atoms with E-state index in [9.17, 15) is 17.2 Å². The summed E-state index contributed by atoms with van der Waals surface area (Å²) in [5.74, 6) is -1.87. The zero-order valence-corrected chi connectivity index (χ0v) is 13.3. The van der Waals surface area contributed by atoms with E-state index in [0.29, 0.717) is 0 Å². The Hall–Kier alpha value is -2.74. The van der Waals surface area contributed by atoms with Crippen LogP contribution in [-0.2, 0) is 10.0 Å². The molecule has 3 rings (SSSR count). The second kappa shape index (κ2) is 6.04. The molecule has 8 heteroatoms. The molecule has 0 radical (unpaired) electrons. The van der Waals surface area contributed by atoms with Crippen LogP contribution in [0, 0.1) is 18.6 Å². The minimum atomic E-state index is -3.87. The first kappa shape index (κ1) is 16.1. The first-order chi connectivity index (χ1) is 11.4. The molecule has 0 spiro atoms. The number of hydrogen-bond acceptors (Lipinski definition) is 4. The number of nitrogens with zero attached hydrogens (tertiary/aromatic N) is 1. The Labute approximate surface area is 137 Å². The largest absolute Gasteiger partial charge is 0.359 e. The van der Waals surface area contributed by atoms with Crippen LogP contribution < -0.4 is 4.72 Å². The Bertz CT molecular complexity index is 986. The van der Waals surface area contributed by atoms with Crippen molar-refractivity contribution < 1.29 is 21.7 Å². The van der Waals surface area contributed by atoms with E-state index in [2.05, 4.69) is 9.88 Å². The number of aryl methyl sites for hydroxylation is 1. The first-order valence-corrected chi connectivity index (χ1v) is 8.36. The van der Waals surface area contributed by atoms with Gasteiger partial charge in [0.15, 0.2) is 17.4 Å². The van der Waals surface area contributed by atoms with Crippen LogP contribution in [0.1, 0.15) is 5.76 Å². The van der Waals surface area contributed by atoms with E-state index in [-0.39, 0.29) is 27.6 Å². The van der Waals surface area contributed by atoms with Crippen LogP contribution in [0.4, 0.5) is 14.5 Å². The van der Waals surface area contributed by atoms with Crippen LogP contribution in [0.3, 0.4) is 0 Å². The highest BCUT2D eigenvalue weighted by atomic mass is 32.2. The third-order valence-corrected chi connectivity index (χ3v) is 4.71. The summed E-state index contributed by atoms with van der Waals surface area (Å²) in [5.41, 5.74) is 0.340. The van der Waals surface area contributed by atoms with Gasteiger partial charge in [-0.3, -0.25) is 4.72 Å². The van der Waals surface area contributed by atoms with Gasteiger partial charge in [-0.1, -0.05) is 23.4 Å². The van der Waals surface area contributed by atoms with Crippen molar-refractivity contribution in [2.45, 2.75) is 11.8 Å².